The summed E-state index contributed by atoms with van der Waals surface area (Å²) in [5.74, 6) is 0. The minimum absolute atomic E-state index is 0.278. The van der Waals surface area contributed by atoms with Gasteiger partial charge in [-0.1, -0.05) is 31.2 Å². The van der Waals surface area contributed by atoms with E-state index in [1.165, 1.54) is 0 Å². The average molecular weight is 351 g/mol. The maximum atomic E-state index is 12.4. The first kappa shape index (κ1) is 21.5. The van der Waals surface area contributed by atoms with Crippen molar-refractivity contribution in [3.05, 3.63) is 35.4 Å². The third kappa shape index (κ3) is 7.88. The van der Waals surface area contributed by atoms with Gasteiger partial charge in [0.1, 0.15) is 5.60 Å². The zero-order valence-electron chi connectivity index (χ0n) is 16.5. The van der Waals surface area contributed by atoms with Crippen LogP contribution in [0.4, 0.5) is 4.79 Å². The molecule has 5 heteroatoms. The molecule has 142 valence electrons. The van der Waals surface area contributed by atoms with Crippen LogP contribution in [0.1, 0.15) is 65.4 Å². The summed E-state index contributed by atoms with van der Waals surface area (Å²) < 4.78 is 16.7. The monoisotopic (exact) mass is 351 g/mol. The molecule has 0 saturated heterocycles. The third-order valence-corrected chi connectivity index (χ3v) is 3.41. The highest BCUT2D eigenvalue weighted by Crippen LogP contribution is 2.20. The topological polar surface area (TPSA) is 48.0 Å². The Morgan fingerprint density at radius 2 is 1.60 bits per heavy atom. The highest BCUT2D eigenvalue weighted by Gasteiger charge is 2.22. The van der Waals surface area contributed by atoms with E-state index < -0.39 is 5.60 Å². The molecule has 0 saturated carbocycles. The molecule has 5 nitrogen and oxygen atoms in total. The Kier molecular flexibility index (Phi) is 8.93. The molecule has 0 N–H and O–H groups in total. The minimum atomic E-state index is -0.491. The highest BCUT2D eigenvalue weighted by molar-refractivity contribution is 5.68. The molecule has 0 fully saturated rings. The van der Waals surface area contributed by atoms with E-state index in [-0.39, 0.29) is 12.4 Å². The van der Waals surface area contributed by atoms with Crippen molar-refractivity contribution in [2.24, 2.45) is 0 Å². The lowest BCUT2D eigenvalue weighted by atomic mass is 10.1. The number of carbonyl (C=O) groups excluding carboxylic acids is 1. The van der Waals surface area contributed by atoms with Gasteiger partial charge in [0.25, 0.3) is 0 Å². The van der Waals surface area contributed by atoms with Gasteiger partial charge in [-0.3, -0.25) is 0 Å². The van der Waals surface area contributed by atoms with Crippen molar-refractivity contribution in [2.75, 3.05) is 19.8 Å². The first-order valence-electron chi connectivity index (χ1n) is 9.10. The SMILES string of the molecule is CCCN(Cc1ccc(C(OCC)OCC)cc1)C(=O)OC(C)(C)C. The van der Waals surface area contributed by atoms with Crippen molar-refractivity contribution in [2.45, 2.75) is 66.4 Å². The van der Waals surface area contributed by atoms with E-state index in [1.807, 2.05) is 58.9 Å². The fraction of sp³-hybridized carbons (Fsp3) is 0.650. The molecule has 1 aromatic carbocycles. The van der Waals surface area contributed by atoms with Gasteiger partial charge < -0.3 is 19.1 Å². The summed E-state index contributed by atoms with van der Waals surface area (Å²) in [7, 11) is 0. The van der Waals surface area contributed by atoms with Gasteiger partial charge >= 0.3 is 6.09 Å². The standard InChI is InChI=1S/C20H33NO4/c1-7-14-21(19(22)25-20(4,5)6)15-16-10-12-17(13-11-16)18(23-8-2)24-9-3/h10-13,18H,7-9,14-15H2,1-6H3. The molecule has 25 heavy (non-hydrogen) atoms. The predicted octanol–water partition coefficient (Wildman–Crippen LogP) is 4.91. The lowest BCUT2D eigenvalue weighted by Gasteiger charge is -2.27. The smallest absolute Gasteiger partial charge is 0.410 e. The summed E-state index contributed by atoms with van der Waals surface area (Å²) in [4.78, 5) is 14.1. The fourth-order valence-electron chi connectivity index (χ4n) is 2.38. The molecular weight excluding hydrogens is 318 g/mol. The quantitative estimate of drug-likeness (QED) is 0.593. The van der Waals surface area contributed by atoms with E-state index in [2.05, 4.69) is 6.92 Å². The van der Waals surface area contributed by atoms with Crippen molar-refractivity contribution < 1.29 is 19.0 Å². The van der Waals surface area contributed by atoms with E-state index in [0.29, 0.717) is 26.3 Å². The van der Waals surface area contributed by atoms with Gasteiger partial charge in [0.15, 0.2) is 6.29 Å². The van der Waals surface area contributed by atoms with Gasteiger partial charge in [-0.25, -0.2) is 4.79 Å². The van der Waals surface area contributed by atoms with Crippen LogP contribution in [0.2, 0.25) is 0 Å². The lowest BCUT2D eigenvalue weighted by molar-refractivity contribution is -0.140. The molecule has 0 spiro atoms. The zero-order valence-corrected chi connectivity index (χ0v) is 16.5. The van der Waals surface area contributed by atoms with Gasteiger partial charge in [-0.2, -0.15) is 0 Å². The average Bonchev–Trinajstić information content (AvgIpc) is 2.53. The molecular formula is C20H33NO4. The van der Waals surface area contributed by atoms with E-state index in [9.17, 15) is 4.79 Å². The van der Waals surface area contributed by atoms with Crippen LogP contribution in [0, 0.1) is 0 Å². The fourth-order valence-corrected chi connectivity index (χ4v) is 2.38. The summed E-state index contributed by atoms with van der Waals surface area (Å²) in [6.45, 7) is 14.0. The van der Waals surface area contributed by atoms with Crippen LogP contribution in [0.3, 0.4) is 0 Å². The Morgan fingerprint density at radius 1 is 1.04 bits per heavy atom. The largest absolute Gasteiger partial charge is 0.444 e. The number of ether oxygens (including phenoxy) is 3. The van der Waals surface area contributed by atoms with Crippen LogP contribution in [0.15, 0.2) is 24.3 Å². The molecule has 0 bridgehead atoms. The molecule has 0 aromatic heterocycles. The summed E-state index contributed by atoms with van der Waals surface area (Å²) in [6.07, 6.45) is 0.259. The van der Waals surface area contributed by atoms with Crippen molar-refractivity contribution in [1.29, 1.82) is 0 Å². The number of benzene rings is 1. The van der Waals surface area contributed by atoms with Crippen molar-refractivity contribution >= 4 is 6.09 Å². The Bertz CT molecular complexity index is 501. The van der Waals surface area contributed by atoms with Crippen LogP contribution >= 0.6 is 0 Å². The minimum Gasteiger partial charge on any atom is -0.444 e. The van der Waals surface area contributed by atoms with Gasteiger partial charge in [0.05, 0.1) is 0 Å². The van der Waals surface area contributed by atoms with E-state index in [0.717, 1.165) is 17.5 Å². The van der Waals surface area contributed by atoms with Crippen molar-refractivity contribution in [3.63, 3.8) is 0 Å². The number of hydrogen-bond acceptors (Lipinski definition) is 4. The van der Waals surface area contributed by atoms with Gasteiger partial charge in [-0.15, -0.1) is 0 Å². The molecule has 1 aromatic rings. The maximum absolute atomic E-state index is 12.4. The Balaban J connectivity index is 2.80. The second kappa shape index (κ2) is 10.4. The number of amides is 1. The normalized spacial score (nSPS) is 11.6. The summed E-state index contributed by atoms with van der Waals surface area (Å²) >= 11 is 0. The van der Waals surface area contributed by atoms with Crippen molar-refractivity contribution in [1.82, 2.24) is 4.90 Å². The number of carbonyl (C=O) groups is 1. The van der Waals surface area contributed by atoms with Crippen LogP contribution in [0.5, 0.6) is 0 Å². The van der Waals surface area contributed by atoms with Gasteiger partial charge in [0.2, 0.25) is 0 Å². The maximum Gasteiger partial charge on any atom is 0.410 e. The third-order valence-electron chi connectivity index (χ3n) is 3.41. The Hall–Kier alpha value is -1.59. The van der Waals surface area contributed by atoms with Crippen LogP contribution in [-0.4, -0.2) is 36.4 Å². The Morgan fingerprint density at radius 3 is 2.04 bits per heavy atom. The van der Waals surface area contributed by atoms with E-state index >= 15 is 0 Å². The molecule has 0 aliphatic heterocycles. The molecule has 0 unspecified atom stereocenters. The molecule has 0 heterocycles. The van der Waals surface area contributed by atoms with Gasteiger partial charge in [-0.05, 0) is 46.6 Å². The molecule has 1 rings (SSSR count). The summed E-state index contributed by atoms with van der Waals surface area (Å²) in [6, 6.07) is 8.00. The molecule has 0 aliphatic carbocycles. The highest BCUT2D eigenvalue weighted by atomic mass is 16.7. The molecule has 0 atom stereocenters. The number of nitrogens with zero attached hydrogens (tertiary/aromatic N) is 1. The van der Waals surface area contributed by atoms with Crippen LogP contribution in [-0.2, 0) is 20.8 Å². The lowest BCUT2D eigenvalue weighted by Crippen LogP contribution is -2.36. The molecule has 0 aliphatic rings. The second-order valence-electron chi connectivity index (χ2n) is 6.89. The second-order valence-corrected chi connectivity index (χ2v) is 6.89. The van der Waals surface area contributed by atoms with E-state index in [4.69, 9.17) is 14.2 Å². The predicted molar refractivity (Wildman–Crippen MR) is 99.4 cm³/mol. The van der Waals surface area contributed by atoms with Crippen molar-refractivity contribution in [3.8, 4) is 0 Å². The summed E-state index contributed by atoms with van der Waals surface area (Å²) in [5.41, 5.74) is 1.54. The number of rotatable bonds is 9. The van der Waals surface area contributed by atoms with E-state index in [1.54, 1.807) is 4.90 Å². The number of hydrogen-bond donors (Lipinski definition) is 0. The first-order valence-corrected chi connectivity index (χ1v) is 9.10. The molecule has 1 amide bonds. The zero-order chi connectivity index (χ0) is 18.9. The molecule has 0 radical (unpaired) electrons. The van der Waals surface area contributed by atoms with Gasteiger partial charge in [0, 0.05) is 31.9 Å². The first-order chi connectivity index (χ1) is 11.8. The summed E-state index contributed by atoms with van der Waals surface area (Å²) in [5, 5.41) is 0. The van der Waals surface area contributed by atoms with Crippen LogP contribution < -0.4 is 0 Å². The Labute approximate surface area is 152 Å². The van der Waals surface area contributed by atoms with Crippen LogP contribution in [0.25, 0.3) is 0 Å².